The van der Waals surface area contributed by atoms with Crippen molar-refractivity contribution < 1.29 is 18.3 Å². The van der Waals surface area contributed by atoms with Crippen LogP contribution in [0.25, 0.3) is 5.70 Å². The zero-order valence-corrected chi connectivity index (χ0v) is 18.1. The number of amides is 1. The van der Waals surface area contributed by atoms with Crippen molar-refractivity contribution in [2.45, 2.75) is 55.7 Å². The molecule has 1 saturated carbocycles. The highest BCUT2D eigenvalue weighted by atomic mass is 35.5. The highest BCUT2D eigenvalue weighted by Crippen LogP contribution is 2.51. The third-order valence-corrected chi connectivity index (χ3v) is 7.27. The minimum absolute atomic E-state index is 0.0719. The Morgan fingerprint density at radius 3 is 2.65 bits per heavy atom. The number of hydrazone groups is 1. The number of amidine groups is 1. The number of nitrogens with two attached hydrogens (primary N) is 1. The molecule has 0 aromatic heterocycles. The van der Waals surface area contributed by atoms with E-state index in [-0.39, 0.29) is 23.1 Å². The highest BCUT2D eigenvalue weighted by Gasteiger charge is 2.59. The Labute approximate surface area is 183 Å². The lowest BCUT2D eigenvalue weighted by atomic mass is 9.97. The minimum Gasteiger partial charge on any atom is -0.385 e. The normalized spacial score (nSPS) is 30.7. The van der Waals surface area contributed by atoms with E-state index in [0.717, 1.165) is 0 Å². The summed E-state index contributed by atoms with van der Waals surface area (Å²) in [6.45, 7) is 5.28. The number of nitrogens with zero attached hydrogens (tertiary/aromatic N) is 4. The second-order valence-corrected chi connectivity index (χ2v) is 9.53. The fourth-order valence-electron chi connectivity index (χ4n) is 4.39. The molecule has 1 aliphatic carbocycles. The number of morpholine rings is 1. The predicted molar refractivity (Wildman–Crippen MR) is 114 cm³/mol. The van der Waals surface area contributed by atoms with Gasteiger partial charge in [0.25, 0.3) is 5.91 Å². The van der Waals surface area contributed by atoms with Gasteiger partial charge in [0.15, 0.2) is 0 Å². The predicted octanol–water partition coefficient (Wildman–Crippen LogP) is 3.13. The third-order valence-electron chi connectivity index (χ3n) is 6.66. The lowest BCUT2D eigenvalue weighted by Crippen LogP contribution is -2.60. The van der Waals surface area contributed by atoms with Crippen molar-refractivity contribution in [2.24, 2.45) is 15.8 Å². The molecule has 2 unspecified atom stereocenters. The molecule has 164 valence electrons. The summed E-state index contributed by atoms with van der Waals surface area (Å²) in [7, 11) is 0. The first-order valence-electron chi connectivity index (χ1n) is 10.0. The molecular formula is C21H22ClF2N5O2. The maximum atomic E-state index is 15.4. The molecule has 7 nitrogen and oxygen atoms in total. The number of hydrogen-bond donors (Lipinski definition) is 1. The molecule has 1 saturated heterocycles. The Kier molecular flexibility index (Phi) is 4.12. The first-order valence-corrected chi connectivity index (χ1v) is 10.5. The molecule has 10 heteroatoms. The van der Waals surface area contributed by atoms with E-state index in [1.54, 1.807) is 20.8 Å². The van der Waals surface area contributed by atoms with Gasteiger partial charge in [-0.1, -0.05) is 0 Å². The zero-order chi connectivity index (χ0) is 22.3. The molecule has 1 spiro atoms. The van der Waals surface area contributed by atoms with Crippen molar-refractivity contribution >= 4 is 41.1 Å². The number of anilines is 1. The summed E-state index contributed by atoms with van der Waals surface area (Å²) in [5.74, 6) is -1.43. The van der Waals surface area contributed by atoms with Crippen molar-refractivity contribution in [2.75, 3.05) is 11.5 Å². The van der Waals surface area contributed by atoms with Crippen molar-refractivity contribution in [1.82, 2.24) is 5.01 Å². The molecule has 2 atom stereocenters. The highest BCUT2D eigenvalue weighted by molar-refractivity contribution is 6.27. The van der Waals surface area contributed by atoms with Crippen LogP contribution >= 0.6 is 11.6 Å². The third kappa shape index (κ3) is 2.62. The first kappa shape index (κ1) is 20.4. The van der Waals surface area contributed by atoms with Gasteiger partial charge in [0.2, 0.25) is 0 Å². The Balaban J connectivity index is 1.63. The fourth-order valence-corrected chi connectivity index (χ4v) is 4.70. The van der Waals surface area contributed by atoms with Crippen molar-refractivity contribution in [3.8, 4) is 0 Å². The van der Waals surface area contributed by atoms with Gasteiger partial charge < -0.3 is 10.5 Å². The molecular weight excluding hydrogens is 428 g/mol. The maximum Gasteiger partial charge on any atom is 0.259 e. The summed E-state index contributed by atoms with van der Waals surface area (Å²) in [6, 6.07) is 4.13. The number of carbonyl (C=O) groups excluding carboxylic acids is 1. The Hall–Kier alpha value is -2.52. The molecule has 3 heterocycles. The van der Waals surface area contributed by atoms with Crippen LogP contribution in [0, 0.1) is 5.82 Å². The van der Waals surface area contributed by atoms with Gasteiger partial charge in [-0.25, -0.2) is 18.8 Å². The van der Waals surface area contributed by atoms with Gasteiger partial charge in [0, 0.05) is 5.56 Å². The van der Waals surface area contributed by atoms with Crippen molar-refractivity contribution in [1.29, 1.82) is 0 Å². The molecule has 1 amide bonds. The van der Waals surface area contributed by atoms with E-state index in [1.165, 1.54) is 34.4 Å². The topological polar surface area (TPSA) is 83.5 Å². The molecule has 2 fully saturated rings. The van der Waals surface area contributed by atoms with Gasteiger partial charge >= 0.3 is 0 Å². The zero-order valence-electron chi connectivity index (χ0n) is 17.3. The van der Waals surface area contributed by atoms with Crippen molar-refractivity contribution in [3.63, 3.8) is 0 Å². The molecule has 0 radical (unpaired) electrons. The van der Waals surface area contributed by atoms with E-state index in [0.29, 0.717) is 25.0 Å². The second-order valence-electron chi connectivity index (χ2n) is 9.09. The van der Waals surface area contributed by atoms with Crippen LogP contribution in [0.2, 0.25) is 0 Å². The number of carbonyl (C=O) groups is 1. The van der Waals surface area contributed by atoms with Crippen LogP contribution < -0.4 is 10.6 Å². The van der Waals surface area contributed by atoms with Gasteiger partial charge in [0.05, 0.1) is 17.8 Å². The molecule has 1 aromatic rings. The Morgan fingerprint density at radius 2 is 1.97 bits per heavy atom. The maximum absolute atomic E-state index is 15.4. The standard InChI is InChI=1S/C21H22ClF2N5O2/c1-19(2)18(30)28(21(6-7-21)9-31-19)13-8-11(4-5-12(13)23)15-14(24)16(22)20(3)17(25)26-10-27-29(15)20/h4-5,8,10,16H,6-7,9H2,1-3H3,(H2,25,26,27). The number of alkyl halides is 1. The van der Waals surface area contributed by atoms with Gasteiger partial charge in [-0.15, -0.1) is 11.6 Å². The van der Waals surface area contributed by atoms with Crippen LogP contribution in [-0.4, -0.2) is 51.8 Å². The summed E-state index contributed by atoms with van der Waals surface area (Å²) in [5, 5.41) is 4.42. The van der Waals surface area contributed by atoms with Crippen LogP contribution in [0.3, 0.4) is 0 Å². The van der Waals surface area contributed by atoms with E-state index in [2.05, 4.69) is 10.1 Å². The van der Waals surface area contributed by atoms with Gasteiger partial charge in [-0.05, 0) is 51.8 Å². The molecule has 5 rings (SSSR count). The van der Waals surface area contributed by atoms with E-state index < -0.39 is 33.7 Å². The van der Waals surface area contributed by atoms with Crippen LogP contribution in [0.4, 0.5) is 14.5 Å². The molecule has 2 N–H and O–H groups in total. The molecule has 0 bridgehead atoms. The summed E-state index contributed by atoms with van der Waals surface area (Å²) < 4.78 is 36.1. The van der Waals surface area contributed by atoms with Crippen LogP contribution in [0.5, 0.6) is 0 Å². The smallest absolute Gasteiger partial charge is 0.259 e. The number of rotatable bonds is 2. The number of fused-ring (bicyclic) bond motifs is 1. The SMILES string of the molecule is CC1(C)OCC2(CC2)N(c2cc(C3=C(F)C(Cl)C4(C)C(N)=NC=NN34)ccc2F)C1=O. The van der Waals surface area contributed by atoms with Gasteiger partial charge in [-0.3, -0.25) is 9.69 Å². The summed E-state index contributed by atoms with van der Waals surface area (Å²) in [4.78, 5) is 18.6. The number of halogens is 3. The summed E-state index contributed by atoms with van der Waals surface area (Å²) >= 11 is 6.39. The summed E-state index contributed by atoms with van der Waals surface area (Å²) in [6.07, 6.45) is 2.64. The monoisotopic (exact) mass is 449 g/mol. The number of ether oxygens (including phenoxy) is 1. The average molecular weight is 450 g/mol. The van der Waals surface area contributed by atoms with Crippen LogP contribution in [-0.2, 0) is 9.53 Å². The lowest BCUT2D eigenvalue weighted by molar-refractivity contribution is -0.149. The lowest BCUT2D eigenvalue weighted by Gasteiger charge is -2.43. The first-order chi connectivity index (χ1) is 14.5. The minimum atomic E-state index is -1.20. The fraction of sp³-hybridized carbons (Fsp3) is 0.476. The molecule has 31 heavy (non-hydrogen) atoms. The second kappa shape index (κ2) is 6.26. The Bertz CT molecular complexity index is 1100. The summed E-state index contributed by atoms with van der Waals surface area (Å²) in [5.41, 5.74) is 3.66. The largest absolute Gasteiger partial charge is 0.385 e. The number of benzene rings is 1. The quantitative estimate of drug-likeness (QED) is 0.703. The molecule has 4 aliphatic rings. The van der Waals surface area contributed by atoms with Crippen molar-refractivity contribution in [3.05, 3.63) is 35.4 Å². The van der Waals surface area contributed by atoms with Gasteiger partial charge in [-0.2, -0.15) is 5.10 Å². The van der Waals surface area contributed by atoms with E-state index in [4.69, 9.17) is 22.1 Å². The molecule has 1 aromatic carbocycles. The average Bonchev–Trinajstić information content (AvgIpc) is 3.47. The van der Waals surface area contributed by atoms with E-state index in [1.807, 2.05) is 0 Å². The van der Waals surface area contributed by atoms with E-state index in [9.17, 15) is 4.79 Å². The molecule has 3 aliphatic heterocycles. The van der Waals surface area contributed by atoms with E-state index >= 15 is 8.78 Å². The van der Waals surface area contributed by atoms with Crippen LogP contribution in [0.15, 0.2) is 34.1 Å². The Morgan fingerprint density at radius 1 is 1.26 bits per heavy atom. The number of aliphatic imine (C=N–C) groups is 1. The van der Waals surface area contributed by atoms with Gasteiger partial charge in [0.1, 0.15) is 46.0 Å². The number of hydrogen-bond acceptors (Lipinski definition) is 6. The van der Waals surface area contributed by atoms with Crippen LogP contribution in [0.1, 0.15) is 39.2 Å².